The summed E-state index contributed by atoms with van der Waals surface area (Å²) >= 11 is 6.11. The summed E-state index contributed by atoms with van der Waals surface area (Å²) in [7, 11) is 0. The van der Waals surface area contributed by atoms with E-state index in [2.05, 4.69) is 15.4 Å². The Kier molecular flexibility index (Phi) is 4.58. The Morgan fingerprint density at radius 1 is 1.27 bits per heavy atom. The standard InChI is InChI=1S/C19H17ClN4O2/c20-17-4-2-1-3-13(17)11-22-19(25)18-10-14-9-16(12-24(14)23-18)26-15-5-7-21-8-6-15/h1-8,10,16H,9,11-12H2,(H,22,25)/t16-/m0/s1. The minimum Gasteiger partial charge on any atom is -0.488 e. The summed E-state index contributed by atoms with van der Waals surface area (Å²) in [6.07, 6.45) is 4.13. The number of nitrogens with zero attached hydrogens (tertiary/aromatic N) is 3. The van der Waals surface area contributed by atoms with Crippen molar-refractivity contribution in [3.63, 3.8) is 0 Å². The van der Waals surface area contributed by atoms with Crippen molar-refractivity contribution in [1.29, 1.82) is 0 Å². The molecule has 7 heteroatoms. The van der Waals surface area contributed by atoms with Crippen LogP contribution in [0.1, 0.15) is 21.7 Å². The Morgan fingerprint density at radius 2 is 2.08 bits per heavy atom. The molecule has 0 saturated heterocycles. The zero-order chi connectivity index (χ0) is 17.9. The maximum absolute atomic E-state index is 12.3. The van der Waals surface area contributed by atoms with Crippen LogP contribution in [-0.4, -0.2) is 26.8 Å². The number of ether oxygens (including phenoxy) is 1. The van der Waals surface area contributed by atoms with Crippen molar-refractivity contribution in [1.82, 2.24) is 20.1 Å². The van der Waals surface area contributed by atoms with E-state index in [4.69, 9.17) is 16.3 Å². The summed E-state index contributed by atoms with van der Waals surface area (Å²) in [5.41, 5.74) is 2.28. The molecule has 3 heterocycles. The number of pyridine rings is 1. The monoisotopic (exact) mass is 368 g/mol. The molecular weight excluding hydrogens is 352 g/mol. The first kappa shape index (κ1) is 16.6. The third-order valence-corrected chi connectivity index (χ3v) is 4.63. The van der Waals surface area contributed by atoms with Crippen molar-refractivity contribution >= 4 is 17.5 Å². The third kappa shape index (κ3) is 3.55. The van der Waals surface area contributed by atoms with E-state index >= 15 is 0 Å². The zero-order valence-corrected chi connectivity index (χ0v) is 14.7. The first-order chi connectivity index (χ1) is 12.7. The molecule has 26 heavy (non-hydrogen) atoms. The minimum absolute atomic E-state index is 0.0140. The van der Waals surface area contributed by atoms with E-state index in [0.29, 0.717) is 30.2 Å². The highest BCUT2D eigenvalue weighted by Gasteiger charge is 2.26. The molecule has 2 aromatic heterocycles. The van der Waals surface area contributed by atoms with Gasteiger partial charge >= 0.3 is 0 Å². The molecule has 132 valence electrons. The van der Waals surface area contributed by atoms with Gasteiger partial charge in [0.1, 0.15) is 17.5 Å². The van der Waals surface area contributed by atoms with Crippen molar-refractivity contribution in [3.05, 3.63) is 76.8 Å². The number of carbonyl (C=O) groups is 1. The van der Waals surface area contributed by atoms with Crippen LogP contribution in [0.25, 0.3) is 0 Å². The Hall–Kier alpha value is -2.86. The number of hydrogen-bond donors (Lipinski definition) is 1. The van der Waals surface area contributed by atoms with Gasteiger partial charge in [-0.25, -0.2) is 0 Å². The highest BCUT2D eigenvalue weighted by atomic mass is 35.5. The molecule has 0 radical (unpaired) electrons. The average Bonchev–Trinajstić information content (AvgIpc) is 3.20. The molecule has 1 amide bonds. The van der Waals surface area contributed by atoms with E-state index in [1.54, 1.807) is 18.5 Å². The second kappa shape index (κ2) is 7.17. The Bertz CT molecular complexity index is 903. The van der Waals surface area contributed by atoms with Gasteiger partial charge in [0.2, 0.25) is 0 Å². The smallest absolute Gasteiger partial charge is 0.272 e. The van der Waals surface area contributed by atoms with Crippen molar-refractivity contribution in [2.45, 2.75) is 25.6 Å². The highest BCUT2D eigenvalue weighted by molar-refractivity contribution is 6.31. The lowest BCUT2D eigenvalue weighted by molar-refractivity contribution is 0.0944. The van der Waals surface area contributed by atoms with Gasteiger partial charge in [0.25, 0.3) is 5.91 Å². The molecule has 4 rings (SSSR count). The van der Waals surface area contributed by atoms with Crippen LogP contribution >= 0.6 is 11.6 Å². The molecule has 3 aromatic rings. The van der Waals surface area contributed by atoms with Crippen LogP contribution in [-0.2, 0) is 19.5 Å². The van der Waals surface area contributed by atoms with Crippen LogP contribution in [0, 0.1) is 0 Å². The van der Waals surface area contributed by atoms with Crippen LogP contribution in [0.15, 0.2) is 54.9 Å². The average molecular weight is 369 g/mol. The van der Waals surface area contributed by atoms with Gasteiger partial charge in [0.05, 0.1) is 6.54 Å². The second-order valence-electron chi connectivity index (χ2n) is 6.10. The van der Waals surface area contributed by atoms with E-state index < -0.39 is 0 Å². The number of aromatic nitrogens is 3. The summed E-state index contributed by atoms with van der Waals surface area (Å²) < 4.78 is 7.75. The first-order valence-electron chi connectivity index (χ1n) is 8.34. The van der Waals surface area contributed by atoms with Crippen LogP contribution in [0.4, 0.5) is 0 Å². The minimum atomic E-state index is -0.210. The molecule has 1 aromatic carbocycles. The summed E-state index contributed by atoms with van der Waals surface area (Å²) in [6, 6.07) is 12.9. The summed E-state index contributed by atoms with van der Waals surface area (Å²) in [5, 5.41) is 7.89. The molecule has 1 aliphatic heterocycles. The van der Waals surface area contributed by atoms with Crippen LogP contribution in [0.2, 0.25) is 5.02 Å². The van der Waals surface area contributed by atoms with Crippen LogP contribution in [0.5, 0.6) is 5.75 Å². The van der Waals surface area contributed by atoms with E-state index in [1.165, 1.54) is 0 Å². The van der Waals surface area contributed by atoms with E-state index in [0.717, 1.165) is 17.0 Å². The third-order valence-electron chi connectivity index (χ3n) is 4.26. The van der Waals surface area contributed by atoms with Gasteiger partial charge < -0.3 is 10.1 Å². The van der Waals surface area contributed by atoms with E-state index in [-0.39, 0.29) is 12.0 Å². The van der Waals surface area contributed by atoms with Gasteiger partial charge in [-0.15, -0.1) is 0 Å². The lowest BCUT2D eigenvalue weighted by atomic mass is 10.2. The van der Waals surface area contributed by atoms with Crippen LogP contribution < -0.4 is 10.1 Å². The second-order valence-corrected chi connectivity index (χ2v) is 6.51. The predicted molar refractivity (Wildman–Crippen MR) is 97.2 cm³/mol. The zero-order valence-electron chi connectivity index (χ0n) is 13.9. The van der Waals surface area contributed by atoms with Gasteiger partial charge in [0.15, 0.2) is 0 Å². The number of nitrogens with one attached hydrogen (secondary N) is 1. The SMILES string of the molecule is O=C(NCc1ccccc1Cl)c1cc2n(n1)C[C@@H](Oc1ccncc1)C2. The van der Waals surface area contributed by atoms with Gasteiger partial charge in [-0.3, -0.25) is 14.5 Å². The molecule has 0 aliphatic carbocycles. The Morgan fingerprint density at radius 3 is 2.85 bits per heavy atom. The largest absolute Gasteiger partial charge is 0.488 e. The topological polar surface area (TPSA) is 69.0 Å². The van der Waals surface area contributed by atoms with E-state index in [9.17, 15) is 4.79 Å². The number of hydrogen-bond acceptors (Lipinski definition) is 4. The number of benzene rings is 1. The van der Waals surface area contributed by atoms with Crippen LogP contribution in [0.3, 0.4) is 0 Å². The van der Waals surface area contributed by atoms with Crippen molar-refractivity contribution < 1.29 is 9.53 Å². The van der Waals surface area contributed by atoms with Gasteiger partial charge in [-0.2, -0.15) is 5.10 Å². The van der Waals surface area contributed by atoms with Crippen molar-refractivity contribution in [3.8, 4) is 5.75 Å². The molecule has 6 nitrogen and oxygen atoms in total. The molecule has 1 aliphatic rings. The quantitative estimate of drug-likeness (QED) is 0.751. The molecule has 0 fully saturated rings. The normalized spacial score (nSPS) is 15.5. The van der Waals surface area contributed by atoms with E-state index in [1.807, 2.05) is 41.1 Å². The highest BCUT2D eigenvalue weighted by Crippen LogP contribution is 2.21. The molecule has 0 unspecified atom stereocenters. The molecular formula is C19H17ClN4O2. The fourth-order valence-electron chi connectivity index (χ4n) is 2.98. The first-order valence-corrected chi connectivity index (χ1v) is 8.72. The van der Waals surface area contributed by atoms with Gasteiger partial charge in [0, 0.05) is 36.1 Å². The molecule has 0 spiro atoms. The molecule has 1 N–H and O–H groups in total. The summed E-state index contributed by atoms with van der Waals surface area (Å²) in [4.78, 5) is 16.3. The summed E-state index contributed by atoms with van der Waals surface area (Å²) in [5.74, 6) is 0.576. The summed E-state index contributed by atoms with van der Waals surface area (Å²) in [6.45, 7) is 0.990. The fourth-order valence-corrected chi connectivity index (χ4v) is 3.18. The lowest BCUT2D eigenvalue weighted by Gasteiger charge is -2.12. The lowest BCUT2D eigenvalue weighted by Crippen LogP contribution is -2.24. The predicted octanol–water partition coefficient (Wildman–Crippen LogP) is 2.87. The number of halogens is 1. The number of carbonyl (C=O) groups excluding carboxylic acids is 1. The van der Waals surface area contributed by atoms with Crippen molar-refractivity contribution in [2.75, 3.05) is 0 Å². The maximum Gasteiger partial charge on any atom is 0.272 e. The molecule has 0 saturated carbocycles. The maximum atomic E-state index is 12.3. The van der Waals surface area contributed by atoms with Gasteiger partial charge in [-0.05, 0) is 29.8 Å². The molecule has 1 atom stereocenters. The molecule has 0 bridgehead atoms. The van der Waals surface area contributed by atoms with Crippen molar-refractivity contribution in [2.24, 2.45) is 0 Å². The Labute approximate surface area is 155 Å². The van der Waals surface area contributed by atoms with Gasteiger partial charge in [-0.1, -0.05) is 29.8 Å². The number of rotatable bonds is 5. The number of amides is 1. The number of fused-ring (bicyclic) bond motifs is 1. The fraction of sp³-hybridized carbons (Fsp3) is 0.211. The Balaban J connectivity index is 1.36.